The average Bonchev–Trinajstić information content (AvgIpc) is 2.77. The summed E-state index contributed by atoms with van der Waals surface area (Å²) in [6.07, 6.45) is 1.94. The fourth-order valence-electron chi connectivity index (χ4n) is 2.46. The van der Waals surface area contributed by atoms with Crippen LogP contribution in [0.2, 0.25) is 0 Å². The number of carbonyl (C=O) groups is 1. The van der Waals surface area contributed by atoms with Crippen LogP contribution in [0.15, 0.2) is 24.3 Å². The van der Waals surface area contributed by atoms with Gasteiger partial charge in [0.2, 0.25) is 5.91 Å². The van der Waals surface area contributed by atoms with Gasteiger partial charge in [-0.3, -0.25) is 4.79 Å². The smallest absolute Gasteiger partial charge is 0.224 e. The van der Waals surface area contributed by atoms with Crippen LogP contribution in [0.1, 0.15) is 25.0 Å². The Balaban J connectivity index is 1.84. The van der Waals surface area contributed by atoms with Gasteiger partial charge in [0.15, 0.2) is 0 Å². The Labute approximate surface area is 109 Å². The minimum atomic E-state index is 0.0358. The van der Waals surface area contributed by atoms with Crippen LogP contribution in [0, 0.1) is 5.92 Å². The lowest BCUT2D eigenvalue weighted by Crippen LogP contribution is -2.41. The summed E-state index contributed by atoms with van der Waals surface area (Å²) in [5.41, 5.74) is 2.75. The third kappa shape index (κ3) is 3.10. The Morgan fingerprint density at radius 3 is 2.50 bits per heavy atom. The van der Waals surface area contributed by atoms with E-state index in [0.29, 0.717) is 0 Å². The Bertz CT molecular complexity index is 392. The van der Waals surface area contributed by atoms with Crippen LogP contribution in [-0.2, 0) is 17.6 Å². The average molecular weight is 246 g/mol. The van der Waals surface area contributed by atoms with Crippen molar-refractivity contribution < 1.29 is 4.79 Å². The van der Waals surface area contributed by atoms with Crippen molar-refractivity contribution in [1.82, 2.24) is 10.6 Å². The molecule has 1 atom stereocenters. The van der Waals surface area contributed by atoms with Crippen molar-refractivity contribution >= 4 is 5.91 Å². The Hall–Kier alpha value is -1.35. The molecule has 0 saturated carbocycles. The van der Waals surface area contributed by atoms with Gasteiger partial charge < -0.3 is 10.6 Å². The molecule has 1 aromatic carbocycles. The maximum Gasteiger partial charge on any atom is 0.224 e. The Morgan fingerprint density at radius 2 is 1.94 bits per heavy atom. The van der Waals surface area contributed by atoms with Crippen molar-refractivity contribution in [3.05, 3.63) is 35.4 Å². The first kappa shape index (κ1) is 13.1. The molecule has 1 aromatic rings. The first-order valence-corrected chi connectivity index (χ1v) is 6.78. The van der Waals surface area contributed by atoms with E-state index in [4.69, 9.17) is 0 Å². The summed E-state index contributed by atoms with van der Waals surface area (Å²) in [7, 11) is 0. The van der Waals surface area contributed by atoms with Gasteiger partial charge in [-0.15, -0.1) is 0 Å². The summed E-state index contributed by atoms with van der Waals surface area (Å²) in [5, 5.41) is 6.37. The molecule has 0 aromatic heterocycles. The van der Waals surface area contributed by atoms with Gasteiger partial charge in [0.25, 0.3) is 0 Å². The summed E-state index contributed by atoms with van der Waals surface area (Å²) in [5.74, 6) is 0.197. The largest absolute Gasteiger partial charge is 0.352 e. The van der Waals surface area contributed by atoms with Crippen LogP contribution in [-0.4, -0.2) is 25.0 Å². The molecule has 0 aliphatic heterocycles. The number of hydrogen-bond donors (Lipinski definition) is 2. The molecule has 0 spiro atoms. The maximum atomic E-state index is 12.0. The van der Waals surface area contributed by atoms with E-state index in [2.05, 4.69) is 41.8 Å². The number of hydrogen-bond acceptors (Lipinski definition) is 2. The van der Waals surface area contributed by atoms with Crippen molar-refractivity contribution in [2.24, 2.45) is 5.92 Å². The van der Waals surface area contributed by atoms with Crippen molar-refractivity contribution in [1.29, 1.82) is 0 Å². The second kappa shape index (κ2) is 6.01. The third-order valence-corrected chi connectivity index (χ3v) is 3.55. The maximum absolute atomic E-state index is 12.0. The highest BCUT2D eigenvalue weighted by Gasteiger charge is 2.23. The SMILES string of the molecule is CCNCC(C)C(=O)NC1Cc2ccccc2C1. The molecule has 0 fully saturated rings. The van der Waals surface area contributed by atoms with Crippen LogP contribution in [0.3, 0.4) is 0 Å². The van der Waals surface area contributed by atoms with Gasteiger partial charge in [0.1, 0.15) is 0 Å². The number of amides is 1. The van der Waals surface area contributed by atoms with E-state index in [9.17, 15) is 4.79 Å². The van der Waals surface area contributed by atoms with Crippen molar-refractivity contribution in [3.8, 4) is 0 Å². The summed E-state index contributed by atoms with van der Waals surface area (Å²) in [6, 6.07) is 8.72. The summed E-state index contributed by atoms with van der Waals surface area (Å²) in [6.45, 7) is 5.69. The highest BCUT2D eigenvalue weighted by atomic mass is 16.1. The van der Waals surface area contributed by atoms with Crippen molar-refractivity contribution in [3.63, 3.8) is 0 Å². The van der Waals surface area contributed by atoms with Crippen molar-refractivity contribution in [2.75, 3.05) is 13.1 Å². The first-order chi connectivity index (χ1) is 8.70. The molecular weight excluding hydrogens is 224 g/mol. The van der Waals surface area contributed by atoms with Gasteiger partial charge >= 0.3 is 0 Å². The summed E-state index contributed by atoms with van der Waals surface area (Å²) >= 11 is 0. The molecule has 1 aliphatic rings. The van der Waals surface area contributed by atoms with E-state index in [1.54, 1.807) is 0 Å². The number of nitrogens with one attached hydrogen (secondary N) is 2. The zero-order valence-corrected chi connectivity index (χ0v) is 11.2. The summed E-state index contributed by atoms with van der Waals surface area (Å²) in [4.78, 5) is 12.0. The molecule has 0 saturated heterocycles. The standard InChI is InChI=1S/C15H22N2O/c1-3-16-10-11(2)15(18)17-14-8-12-6-4-5-7-13(12)9-14/h4-7,11,14,16H,3,8-10H2,1-2H3,(H,17,18). The molecule has 2 rings (SSSR count). The van der Waals surface area contributed by atoms with E-state index in [1.807, 2.05) is 6.92 Å². The zero-order chi connectivity index (χ0) is 13.0. The van der Waals surface area contributed by atoms with Gasteiger partial charge in [0.05, 0.1) is 0 Å². The van der Waals surface area contributed by atoms with Crippen molar-refractivity contribution in [2.45, 2.75) is 32.7 Å². The van der Waals surface area contributed by atoms with Gasteiger partial charge in [-0.05, 0) is 30.5 Å². The molecule has 0 heterocycles. The number of rotatable bonds is 5. The molecule has 2 N–H and O–H groups in total. The van der Waals surface area contributed by atoms with Gasteiger partial charge in [-0.25, -0.2) is 0 Å². The molecule has 98 valence electrons. The molecule has 1 unspecified atom stereocenters. The lowest BCUT2D eigenvalue weighted by atomic mass is 10.1. The molecule has 1 amide bonds. The number of benzene rings is 1. The minimum absolute atomic E-state index is 0.0358. The van der Waals surface area contributed by atoms with Gasteiger partial charge in [0, 0.05) is 18.5 Å². The van der Waals surface area contributed by atoms with Crippen LogP contribution in [0.25, 0.3) is 0 Å². The summed E-state index contributed by atoms with van der Waals surface area (Å²) < 4.78 is 0. The molecule has 0 radical (unpaired) electrons. The molecule has 1 aliphatic carbocycles. The van der Waals surface area contributed by atoms with E-state index in [-0.39, 0.29) is 17.9 Å². The normalized spacial score (nSPS) is 16.3. The van der Waals surface area contributed by atoms with Crippen LogP contribution < -0.4 is 10.6 Å². The lowest BCUT2D eigenvalue weighted by molar-refractivity contribution is -0.125. The van der Waals surface area contributed by atoms with E-state index in [1.165, 1.54) is 11.1 Å². The predicted molar refractivity (Wildman–Crippen MR) is 73.5 cm³/mol. The second-order valence-corrected chi connectivity index (χ2v) is 5.09. The Kier molecular flexibility index (Phi) is 4.37. The molecule has 0 bridgehead atoms. The molecule has 18 heavy (non-hydrogen) atoms. The molecule has 3 nitrogen and oxygen atoms in total. The third-order valence-electron chi connectivity index (χ3n) is 3.55. The molecule has 3 heteroatoms. The fraction of sp³-hybridized carbons (Fsp3) is 0.533. The topological polar surface area (TPSA) is 41.1 Å². The second-order valence-electron chi connectivity index (χ2n) is 5.09. The van der Waals surface area contributed by atoms with E-state index < -0.39 is 0 Å². The zero-order valence-electron chi connectivity index (χ0n) is 11.2. The van der Waals surface area contributed by atoms with E-state index >= 15 is 0 Å². The minimum Gasteiger partial charge on any atom is -0.352 e. The first-order valence-electron chi connectivity index (χ1n) is 6.78. The van der Waals surface area contributed by atoms with Gasteiger partial charge in [-0.2, -0.15) is 0 Å². The number of carbonyl (C=O) groups excluding carboxylic acids is 1. The van der Waals surface area contributed by atoms with Gasteiger partial charge in [-0.1, -0.05) is 38.1 Å². The van der Waals surface area contributed by atoms with Crippen LogP contribution in [0.5, 0.6) is 0 Å². The Morgan fingerprint density at radius 1 is 1.33 bits per heavy atom. The number of fused-ring (bicyclic) bond motifs is 1. The quantitative estimate of drug-likeness (QED) is 0.827. The predicted octanol–water partition coefficient (Wildman–Crippen LogP) is 1.52. The highest BCUT2D eigenvalue weighted by Crippen LogP contribution is 2.21. The van der Waals surface area contributed by atoms with Crippen LogP contribution in [0.4, 0.5) is 0 Å². The lowest BCUT2D eigenvalue weighted by Gasteiger charge is -2.16. The van der Waals surface area contributed by atoms with E-state index in [0.717, 1.165) is 25.9 Å². The van der Waals surface area contributed by atoms with Crippen LogP contribution >= 0.6 is 0 Å². The molecular formula is C15H22N2O. The highest BCUT2D eigenvalue weighted by molar-refractivity contribution is 5.79. The fourth-order valence-corrected chi connectivity index (χ4v) is 2.46. The monoisotopic (exact) mass is 246 g/mol.